The monoisotopic (exact) mass is 194 g/mol. The van der Waals surface area contributed by atoms with Gasteiger partial charge in [-0.3, -0.25) is 9.78 Å². The third kappa shape index (κ3) is 3.10. The molecule has 0 aromatic carbocycles. The standard InChI is InChI=1S/C9H14N4O/c1-2-3-7(10)9(14)13-8-6-11-4-5-12-8/h4-7H,2-3,10H2,1H3,(H,12,13,14). The summed E-state index contributed by atoms with van der Waals surface area (Å²) in [4.78, 5) is 19.1. The number of nitrogens with zero attached hydrogens (tertiary/aromatic N) is 2. The van der Waals surface area contributed by atoms with Crippen LogP contribution in [0.2, 0.25) is 0 Å². The number of hydrogen-bond donors (Lipinski definition) is 2. The van der Waals surface area contributed by atoms with E-state index in [9.17, 15) is 4.79 Å². The van der Waals surface area contributed by atoms with Gasteiger partial charge in [0, 0.05) is 12.4 Å². The molecule has 1 rings (SSSR count). The molecule has 0 bridgehead atoms. The summed E-state index contributed by atoms with van der Waals surface area (Å²) in [5.41, 5.74) is 5.62. The van der Waals surface area contributed by atoms with E-state index in [1.165, 1.54) is 12.4 Å². The molecule has 14 heavy (non-hydrogen) atoms. The summed E-state index contributed by atoms with van der Waals surface area (Å²) in [5.74, 6) is 0.219. The molecule has 0 saturated heterocycles. The number of carbonyl (C=O) groups excluding carboxylic acids is 1. The van der Waals surface area contributed by atoms with E-state index in [0.717, 1.165) is 6.42 Å². The first kappa shape index (κ1) is 10.6. The minimum atomic E-state index is -0.470. The van der Waals surface area contributed by atoms with Crippen molar-refractivity contribution in [2.75, 3.05) is 5.32 Å². The Morgan fingerprint density at radius 3 is 3.00 bits per heavy atom. The first-order valence-corrected chi connectivity index (χ1v) is 4.56. The highest BCUT2D eigenvalue weighted by Crippen LogP contribution is 2.00. The van der Waals surface area contributed by atoms with Crippen LogP contribution in [0.3, 0.4) is 0 Å². The van der Waals surface area contributed by atoms with Crippen LogP contribution < -0.4 is 11.1 Å². The molecule has 1 atom stereocenters. The zero-order valence-corrected chi connectivity index (χ0v) is 8.10. The summed E-state index contributed by atoms with van der Waals surface area (Å²) in [5, 5.41) is 2.59. The predicted octanol–water partition coefficient (Wildman–Crippen LogP) is 0.542. The lowest BCUT2D eigenvalue weighted by molar-refractivity contribution is -0.117. The van der Waals surface area contributed by atoms with Gasteiger partial charge in [-0.15, -0.1) is 0 Å². The largest absolute Gasteiger partial charge is 0.320 e. The maximum Gasteiger partial charge on any atom is 0.242 e. The highest BCUT2D eigenvalue weighted by Gasteiger charge is 2.12. The van der Waals surface area contributed by atoms with Crippen molar-refractivity contribution in [3.05, 3.63) is 18.6 Å². The average Bonchev–Trinajstić information content (AvgIpc) is 2.19. The lowest BCUT2D eigenvalue weighted by Crippen LogP contribution is -2.35. The zero-order chi connectivity index (χ0) is 10.4. The van der Waals surface area contributed by atoms with Crippen molar-refractivity contribution >= 4 is 11.7 Å². The Bertz CT molecular complexity index is 288. The molecule has 0 fully saturated rings. The molecule has 1 aromatic rings. The minimum absolute atomic E-state index is 0.215. The SMILES string of the molecule is CCCC(N)C(=O)Nc1cnccn1. The molecule has 0 saturated carbocycles. The van der Waals surface area contributed by atoms with Crippen LogP contribution in [0.15, 0.2) is 18.6 Å². The van der Waals surface area contributed by atoms with E-state index in [2.05, 4.69) is 15.3 Å². The van der Waals surface area contributed by atoms with E-state index >= 15 is 0 Å². The van der Waals surface area contributed by atoms with Gasteiger partial charge in [-0.05, 0) is 6.42 Å². The van der Waals surface area contributed by atoms with Crippen LogP contribution in [0.4, 0.5) is 5.82 Å². The smallest absolute Gasteiger partial charge is 0.242 e. The molecule has 3 N–H and O–H groups in total. The Hall–Kier alpha value is -1.49. The Kier molecular flexibility index (Phi) is 4.00. The van der Waals surface area contributed by atoms with Crippen LogP contribution in [0.5, 0.6) is 0 Å². The van der Waals surface area contributed by atoms with Gasteiger partial charge >= 0.3 is 0 Å². The van der Waals surface area contributed by atoms with Crippen LogP contribution in [-0.4, -0.2) is 21.9 Å². The summed E-state index contributed by atoms with van der Waals surface area (Å²) in [6, 6.07) is -0.470. The van der Waals surface area contributed by atoms with E-state index in [0.29, 0.717) is 12.2 Å². The molecule has 0 aliphatic heterocycles. The second-order valence-corrected chi connectivity index (χ2v) is 2.98. The molecular formula is C9H14N4O. The van der Waals surface area contributed by atoms with Crippen LogP contribution in [0.1, 0.15) is 19.8 Å². The van der Waals surface area contributed by atoms with E-state index in [1.54, 1.807) is 6.20 Å². The molecule has 1 heterocycles. The first-order chi connectivity index (χ1) is 6.74. The van der Waals surface area contributed by atoms with Crippen molar-refractivity contribution in [3.63, 3.8) is 0 Å². The molecule has 1 aromatic heterocycles. The Morgan fingerprint density at radius 1 is 1.64 bits per heavy atom. The van der Waals surface area contributed by atoms with Gasteiger partial charge in [0.2, 0.25) is 5.91 Å². The molecule has 0 radical (unpaired) electrons. The van der Waals surface area contributed by atoms with Crippen LogP contribution in [0, 0.1) is 0 Å². The summed E-state index contributed by atoms with van der Waals surface area (Å²) >= 11 is 0. The molecule has 1 unspecified atom stereocenters. The number of amides is 1. The van der Waals surface area contributed by atoms with Gasteiger partial charge in [0.1, 0.15) is 0 Å². The molecule has 0 aliphatic rings. The molecule has 0 aliphatic carbocycles. The summed E-state index contributed by atoms with van der Waals surface area (Å²) < 4.78 is 0. The molecule has 5 heteroatoms. The number of nitrogens with one attached hydrogen (secondary N) is 1. The average molecular weight is 194 g/mol. The fourth-order valence-electron chi connectivity index (χ4n) is 1.02. The van der Waals surface area contributed by atoms with Gasteiger partial charge in [-0.1, -0.05) is 13.3 Å². The third-order valence-electron chi connectivity index (χ3n) is 1.75. The maximum absolute atomic E-state index is 11.4. The highest BCUT2D eigenvalue weighted by molar-refractivity contribution is 5.93. The molecule has 5 nitrogen and oxygen atoms in total. The second kappa shape index (κ2) is 5.29. The van der Waals surface area contributed by atoms with Gasteiger partial charge in [0.25, 0.3) is 0 Å². The van der Waals surface area contributed by atoms with E-state index in [1.807, 2.05) is 6.92 Å². The van der Waals surface area contributed by atoms with E-state index in [4.69, 9.17) is 5.73 Å². The number of hydrogen-bond acceptors (Lipinski definition) is 4. The molecule has 76 valence electrons. The quantitative estimate of drug-likeness (QED) is 0.733. The van der Waals surface area contributed by atoms with E-state index < -0.39 is 6.04 Å². The topological polar surface area (TPSA) is 80.9 Å². The summed E-state index contributed by atoms with van der Waals surface area (Å²) in [6.07, 6.45) is 6.10. The zero-order valence-electron chi connectivity index (χ0n) is 8.10. The fraction of sp³-hybridized carbons (Fsp3) is 0.444. The predicted molar refractivity (Wildman–Crippen MR) is 53.5 cm³/mol. The molecule has 1 amide bonds. The Morgan fingerprint density at radius 2 is 2.43 bits per heavy atom. The van der Waals surface area contributed by atoms with Gasteiger partial charge < -0.3 is 11.1 Å². The lowest BCUT2D eigenvalue weighted by Gasteiger charge is -2.09. The van der Waals surface area contributed by atoms with Crippen molar-refractivity contribution < 1.29 is 4.79 Å². The van der Waals surface area contributed by atoms with Gasteiger partial charge in [-0.2, -0.15) is 0 Å². The normalized spacial score (nSPS) is 12.1. The van der Waals surface area contributed by atoms with Gasteiger partial charge in [-0.25, -0.2) is 4.98 Å². The number of nitrogens with two attached hydrogens (primary N) is 1. The van der Waals surface area contributed by atoms with Gasteiger partial charge in [0.05, 0.1) is 12.2 Å². The minimum Gasteiger partial charge on any atom is -0.320 e. The number of rotatable bonds is 4. The third-order valence-corrected chi connectivity index (χ3v) is 1.75. The van der Waals surface area contributed by atoms with Crippen molar-refractivity contribution in [2.24, 2.45) is 5.73 Å². The van der Waals surface area contributed by atoms with E-state index in [-0.39, 0.29) is 5.91 Å². The Labute approximate surface area is 82.7 Å². The van der Waals surface area contributed by atoms with Crippen LogP contribution in [-0.2, 0) is 4.79 Å². The summed E-state index contributed by atoms with van der Waals surface area (Å²) in [6.45, 7) is 1.98. The molecule has 0 spiro atoms. The number of carbonyl (C=O) groups is 1. The van der Waals surface area contributed by atoms with Gasteiger partial charge in [0.15, 0.2) is 5.82 Å². The maximum atomic E-state index is 11.4. The lowest BCUT2D eigenvalue weighted by atomic mass is 10.2. The van der Waals surface area contributed by atoms with Crippen LogP contribution >= 0.6 is 0 Å². The first-order valence-electron chi connectivity index (χ1n) is 4.56. The van der Waals surface area contributed by atoms with Crippen molar-refractivity contribution in [3.8, 4) is 0 Å². The fourth-order valence-corrected chi connectivity index (χ4v) is 1.02. The molecular weight excluding hydrogens is 180 g/mol. The number of anilines is 1. The second-order valence-electron chi connectivity index (χ2n) is 2.98. The Balaban J connectivity index is 2.49. The van der Waals surface area contributed by atoms with Crippen molar-refractivity contribution in [1.82, 2.24) is 9.97 Å². The van der Waals surface area contributed by atoms with Crippen molar-refractivity contribution in [1.29, 1.82) is 0 Å². The number of aromatic nitrogens is 2. The summed E-state index contributed by atoms with van der Waals surface area (Å²) in [7, 11) is 0. The van der Waals surface area contributed by atoms with Crippen molar-refractivity contribution in [2.45, 2.75) is 25.8 Å². The van der Waals surface area contributed by atoms with Crippen LogP contribution in [0.25, 0.3) is 0 Å². The highest BCUT2D eigenvalue weighted by atomic mass is 16.2.